The number of ether oxygens (including phenoxy) is 1. The third-order valence-corrected chi connectivity index (χ3v) is 3.55. The fraction of sp³-hybridized carbons (Fsp3) is 0.500. The minimum atomic E-state index is -0.636. The van der Waals surface area contributed by atoms with E-state index in [-0.39, 0.29) is 24.5 Å². The Morgan fingerprint density at radius 2 is 2.00 bits per heavy atom. The van der Waals surface area contributed by atoms with Gasteiger partial charge < -0.3 is 15.2 Å². The third-order valence-electron chi connectivity index (χ3n) is 3.55. The minimum absolute atomic E-state index is 0.0422. The Morgan fingerprint density at radius 3 is 2.55 bits per heavy atom. The second-order valence-corrected chi connectivity index (χ2v) is 6.70. The van der Waals surface area contributed by atoms with Crippen molar-refractivity contribution in [3.63, 3.8) is 0 Å². The van der Waals surface area contributed by atoms with E-state index in [1.165, 1.54) is 0 Å². The molecule has 0 spiro atoms. The van der Waals surface area contributed by atoms with E-state index in [0.29, 0.717) is 0 Å². The molecule has 1 aliphatic carbocycles. The largest absolute Gasteiger partial charge is 0.396 e. The first-order valence-corrected chi connectivity index (χ1v) is 7.71. The van der Waals surface area contributed by atoms with Crippen molar-refractivity contribution >= 4 is 5.91 Å². The number of carbonyl (C=O) groups excluding carboxylic acids is 1. The number of nitrogens with one attached hydrogen (secondary N) is 1. The van der Waals surface area contributed by atoms with Gasteiger partial charge in [-0.15, -0.1) is 0 Å². The van der Waals surface area contributed by atoms with E-state index in [0.717, 1.165) is 12.0 Å². The van der Waals surface area contributed by atoms with Crippen molar-refractivity contribution in [2.24, 2.45) is 5.92 Å². The number of aliphatic hydroxyl groups excluding tert-OH is 1. The van der Waals surface area contributed by atoms with E-state index in [1.54, 1.807) is 0 Å². The maximum atomic E-state index is 12.6. The van der Waals surface area contributed by atoms with Gasteiger partial charge in [0.25, 0.3) is 5.91 Å². The normalized spacial score (nSPS) is 22.5. The van der Waals surface area contributed by atoms with Crippen LogP contribution in [-0.4, -0.2) is 29.3 Å². The van der Waals surface area contributed by atoms with Crippen molar-refractivity contribution < 1.29 is 14.6 Å². The van der Waals surface area contributed by atoms with E-state index in [2.05, 4.69) is 5.32 Å². The summed E-state index contributed by atoms with van der Waals surface area (Å²) >= 11 is 0. The summed E-state index contributed by atoms with van der Waals surface area (Å²) in [6, 6.07) is 9.48. The van der Waals surface area contributed by atoms with Gasteiger partial charge in [0.15, 0.2) is 6.10 Å². The molecule has 0 unspecified atom stereocenters. The molecule has 2 rings (SSSR count). The topological polar surface area (TPSA) is 58.6 Å². The molecular weight excluding hydrogens is 278 g/mol. The van der Waals surface area contributed by atoms with Crippen LogP contribution in [0.2, 0.25) is 0 Å². The van der Waals surface area contributed by atoms with Crippen LogP contribution in [0.1, 0.15) is 38.9 Å². The highest BCUT2D eigenvalue weighted by Crippen LogP contribution is 2.25. The van der Waals surface area contributed by atoms with Crippen LogP contribution < -0.4 is 5.32 Å². The van der Waals surface area contributed by atoms with Gasteiger partial charge in [0.2, 0.25) is 0 Å². The van der Waals surface area contributed by atoms with Crippen LogP contribution in [-0.2, 0) is 9.53 Å². The minimum Gasteiger partial charge on any atom is -0.396 e. The molecule has 0 fully saturated rings. The molecule has 1 amide bonds. The van der Waals surface area contributed by atoms with Gasteiger partial charge in [0.1, 0.15) is 0 Å². The zero-order valence-corrected chi connectivity index (χ0v) is 13.5. The third kappa shape index (κ3) is 4.68. The lowest BCUT2D eigenvalue weighted by Crippen LogP contribution is -2.39. The van der Waals surface area contributed by atoms with Crippen molar-refractivity contribution in [2.75, 3.05) is 6.61 Å². The van der Waals surface area contributed by atoms with Crippen molar-refractivity contribution in [3.05, 3.63) is 48.0 Å². The Bertz CT molecular complexity index is 519. The Morgan fingerprint density at radius 1 is 1.32 bits per heavy atom. The van der Waals surface area contributed by atoms with Crippen LogP contribution in [0.4, 0.5) is 0 Å². The fourth-order valence-corrected chi connectivity index (χ4v) is 2.53. The van der Waals surface area contributed by atoms with Crippen LogP contribution >= 0.6 is 0 Å². The molecule has 2 N–H and O–H groups in total. The monoisotopic (exact) mass is 303 g/mol. The first kappa shape index (κ1) is 16.7. The molecule has 0 bridgehead atoms. The first-order chi connectivity index (χ1) is 10.4. The molecule has 3 atom stereocenters. The highest BCUT2D eigenvalue weighted by Gasteiger charge is 2.29. The van der Waals surface area contributed by atoms with Crippen molar-refractivity contribution in [1.29, 1.82) is 0 Å². The Kier molecular flexibility index (Phi) is 5.37. The maximum absolute atomic E-state index is 12.6. The number of hydrogen-bond acceptors (Lipinski definition) is 3. The van der Waals surface area contributed by atoms with Crippen LogP contribution in [0.15, 0.2) is 42.5 Å². The first-order valence-electron chi connectivity index (χ1n) is 7.71. The molecule has 0 heterocycles. The maximum Gasteiger partial charge on any atom is 0.254 e. The Balaban J connectivity index is 2.08. The lowest BCUT2D eigenvalue weighted by Gasteiger charge is -2.28. The number of rotatable bonds is 5. The fourth-order valence-electron chi connectivity index (χ4n) is 2.53. The molecule has 4 nitrogen and oxygen atoms in total. The number of benzene rings is 1. The average Bonchev–Trinajstić information content (AvgIpc) is 2.92. The van der Waals surface area contributed by atoms with Crippen LogP contribution in [0.3, 0.4) is 0 Å². The zero-order chi connectivity index (χ0) is 16.2. The van der Waals surface area contributed by atoms with Gasteiger partial charge >= 0.3 is 0 Å². The molecule has 0 aliphatic heterocycles. The van der Waals surface area contributed by atoms with Crippen LogP contribution in [0.25, 0.3) is 0 Å². The summed E-state index contributed by atoms with van der Waals surface area (Å²) in [5.41, 5.74) is 0.424. The summed E-state index contributed by atoms with van der Waals surface area (Å²) < 4.78 is 5.96. The van der Waals surface area contributed by atoms with E-state index in [4.69, 9.17) is 9.84 Å². The van der Waals surface area contributed by atoms with Crippen molar-refractivity contribution in [2.45, 2.75) is 44.9 Å². The number of carbonyl (C=O) groups is 1. The average molecular weight is 303 g/mol. The van der Waals surface area contributed by atoms with Gasteiger partial charge in [-0.25, -0.2) is 0 Å². The van der Waals surface area contributed by atoms with Gasteiger partial charge in [0.05, 0.1) is 5.60 Å². The molecule has 22 heavy (non-hydrogen) atoms. The van der Waals surface area contributed by atoms with Gasteiger partial charge in [0, 0.05) is 18.6 Å². The van der Waals surface area contributed by atoms with Crippen molar-refractivity contribution in [1.82, 2.24) is 5.32 Å². The summed E-state index contributed by atoms with van der Waals surface area (Å²) in [6.07, 6.45) is 3.99. The predicted octanol–water partition coefficient (Wildman–Crippen LogP) is 2.60. The molecule has 0 radical (unpaired) electrons. The Labute approximate surface area is 132 Å². The molecular formula is C18H25NO3. The van der Waals surface area contributed by atoms with E-state index in [1.807, 2.05) is 63.3 Å². The quantitative estimate of drug-likeness (QED) is 0.822. The second kappa shape index (κ2) is 7.07. The van der Waals surface area contributed by atoms with Gasteiger partial charge in [-0.3, -0.25) is 4.79 Å². The van der Waals surface area contributed by atoms with Gasteiger partial charge in [-0.1, -0.05) is 42.5 Å². The smallest absolute Gasteiger partial charge is 0.254 e. The lowest BCUT2D eigenvalue weighted by atomic mass is 10.1. The summed E-state index contributed by atoms with van der Waals surface area (Å²) in [7, 11) is 0. The molecule has 0 aromatic heterocycles. The molecule has 0 saturated heterocycles. The molecule has 0 saturated carbocycles. The molecule has 120 valence electrons. The molecule has 1 aliphatic rings. The molecule has 1 aromatic carbocycles. The predicted molar refractivity (Wildman–Crippen MR) is 86.3 cm³/mol. The molecule has 1 aromatic rings. The van der Waals surface area contributed by atoms with Crippen molar-refractivity contribution in [3.8, 4) is 0 Å². The summed E-state index contributed by atoms with van der Waals surface area (Å²) in [5.74, 6) is -0.0154. The van der Waals surface area contributed by atoms with E-state index >= 15 is 0 Å². The number of amides is 1. The van der Waals surface area contributed by atoms with Crippen LogP contribution in [0, 0.1) is 5.92 Å². The SMILES string of the molecule is CC(C)(C)O[C@@H](C(=O)N[C@@H]1C=C[C@H](CO)C1)c1ccccc1. The van der Waals surface area contributed by atoms with E-state index in [9.17, 15) is 4.79 Å². The molecule has 4 heteroatoms. The Hall–Kier alpha value is -1.65. The summed E-state index contributed by atoms with van der Waals surface area (Å²) in [6.45, 7) is 5.93. The number of aliphatic hydroxyl groups is 1. The van der Waals surface area contributed by atoms with Gasteiger partial charge in [-0.05, 0) is 32.8 Å². The highest BCUT2D eigenvalue weighted by molar-refractivity contribution is 5.82. The summed E-state index contributed by atoms with van der Waals surface area (Å²) in [5, 5.41) is 12.2. The number of hydrogen-bond donors (Lipinski definition) is 2. The van der Waals surface area contributed by atoms with Gasteiger partial charge in [-0.2, -0.15) is 0 Å². The lowest BCUT2D eigenvalue weighted by molar-refractivity contribution is -0.143. The van der Waals surface area contributed by atoms with Crippen LogP contribution in [0.5, 0.6) is 0 Å². The van der Waals surface area contributed by atoms with E-state index < -0.39 is 11.7 Å². The second-order valence-electron chi connectivity index (χ2n) is 6.70. The standard InChI is InChI=1S/C18H25NO3/c1-18(2,3)22-16(14-7-5-4-6-8-14)17(21)19-15-10-9-13(11-15)12-20/h4-10,13,15-16,20H,11-12H2,1-3H3,(H,19,21)/t13-,15+,16+/m0/s1. The zero-order valence-electron chi connectivity index (χ0n) is 13.5. The summed E-state index contributed by atoms with van der Waals surface area (Å²) in [4.78, 5) is 12.6. The highest BCUT2D eigenvalue weighted by atomic mass is 16.5.